The molecule has 0 atom stereocenters. The first kappa shape index (κ1) is 10.2. The molecule has 1 saturated heterocycles. The highest BCUT2D eigenvalue weighted by molar-refractivity contribution is 5.71. The molecule has 0 spiro atoms. The van der Waals surface area contributed by atoms with Gasteiger partial charge in [0, 0.05) is 26.3 Å². The lowest BCUT2D eigenvalue weighted by molar-refractivity contribution is 0.0811. The second-order valence-corrected chi connectivity index (χ2v) is 3.72. The first-order chi connectivity index (χ1) is 7.33. The molecule has 1 fully saturated rings. The number of anilines is 1. The summed E-state index contributed by atoms with van der Waals surface area (Å²) in [6, 6.07) is 3.54. The largest absolute Gasteiger partial charge is 0.438 e. The van der Waals surface area contributed by atoms with E-state index in [-0.39, 0.29) is 0 Å². The summed E-state index contributed by atoms with van der Waals surface area (Å²) in [5.74, 6) is 1.17. The van der Waals surface area contributed by atoms with E-state index >= 15 is 0 Å². The SMILES string of the molecule is COC1CCN(c2ccc(C=O)o2)CC1. The van der Waals surface area contributed by atoms with Crippen molar-refractivity contribution in [1.82, 2.24) is 0 Å². The highest BCUT2D eigenvalue weighted by atomic mass is 16.5. The Morgan fingerprint density at radius 3 is 2.73 bits per heavy atom. The first-order valence-corrected chi connectivity index (χ1v) is 5.16. The number of ether oxygens (including phenoxy) is 1. The van der Waals surface area contributed by atoms with Crippen LogP contribution in [-0.4, -0.2) is 32.6 Å². The number of rotatable bonds is 3. The molecule has 4 heteroatoms. The Morgan fingerprint density at radius 2 is 2.20 bits per heavy atom. The first-order valence-electron chi connectivity index (χ1n) is 5.16. The third-order valence-electron chi connectivity index (χ3n) is 2.82. The molecule has 1 aromatic rings. The summed E-state index contributed by atoms with van der Waals surface area (Å²) >= 11 is 0. The molecule has 0 radical (unpaired) electrons. The molecular formula is C11H15NO3. The lowest BCUT2D eigenvalue weighted by Crippen LogP contribution is -2.36. The molecule has 4 nitrogen and oxygen atoms in total. The smallest absolute Gasteiger partial charge is 0.196 e. The van der Waals surface area contributed by atoms with Gasteiger partial charge in [0.2, 0.25) is 0 Å². The van der Waals surface area contributed by atoms with Crippen molar-refractivity contribution < 1.29 is 13.9 Å². The summed E-state index contributed by atoms with van der Waals surface area (Å²) in [4.78, 5) is 12.6. The maximum Gasteiger partial charge on any atom is 0.196 e. The molecule has 0 amide bonds. The van der Waals surface area contributed by atoms with Gasteiger partial charge >= 0.3 is 0 Å². The highest BCUT2D eigenvalue weighted by Crippen LogP contribution is 2.22. The van der Waals surface area contributed by atoms with E-state index in [1.54, 1.807) is 13.2 Å². The number of aldehydes is 1. The van der Waals surface area contributed by atoms with Crippen LogP contribution in [-0.2, 0) is 4.74 Å². The van der Waals surface area contributed by atoms with Crippen molar-refractivity contribution >= 4 is 12.2 Å². The molecule has 1 aliphatic heterocycles. The van der Waals surface area contributed by atoms with Gasteiger partial charge < -0.3 is 14.1 Å². The zero-order valence-electron chi connectivity index (χ0n) is 8.81. The standard InChI is InChI=1S/C11H15NO3/c1-14-9-4-6-12(7-5-9)11-3-2-10(8-13)15-11/h2-3,8-9H,4-7H2,1H3. The van der Waals surface area contributed by atoms with E-state index in [0.717, 1.165) is 38.1 Å². The van der Waals surface area contributed by atoms with Crippen LogP contribution in [0.1, 0.15) is 23.4 Å². The van der Waals surface area contributed by atoms with E-state index in [2.05, 4.69) is 4.90 Å². The number of methoxy groups -OCH3 is 1. The van der Waals surface area contributed by atoms with Gasteiger partial charge in [0.25, 0.3) is 0 Å². The van der Waals surface area contributed by atoms with Gasteiger partial charge in [-0.3, -0.25) is 4.79 Å². The van der Waals surface area contributed by atoms with Crippen LogP contribution in [0.4, 0.5) is 5.88 Å². The third-order valence-corrected chi connectivity index (χ3v) is 2.82. The summed E-state index contributed by atoms with van der Waals surface area (Å²) in [5.41, 5.74) is 0. The van der Waals surface area contributed by atoms with E-state index in [9.17, 15) is 4.79 Å². The van der Waals surface area contributed by atoms with Crippen molar-refractivity contribution in [3.05, 3.63) is 17.9 Å². The van der Waals surface area contributed by atoms with Crippen LogP contribution < -0.4 is 4.90 Å². The van der Waals surface area contributed by atoms with Crippen LogP contribution in [0.5, 0.6) is 0 Å². The molecule has 0 aromatic carbocycles. The van der Waals surface area contributed by atoms with Gasteiger partial charge in [-0.1, -0.05) is 0 Å². The topological polar surface area (TPSA) is 42.7 Å². The van der Waals surface area contributed by atoms with Crippen LogP contribution >= 0.6 is 0 Å². The van der Waals surface area contributed by atoms with Gasteiger partial charge in [-0.25, -0.2) is 0 Å². The van der Waals surface area contributed by atoms with Gasteiger partial charge in [0.05, 0.1) is 6.10 Å². The van der Waals surface area contributed by atoms with E-state index < -0.39 is 0 Å². The second kappa shape index (κ2) is 4.49. The molecule has 0 aliphatic carbocycles. The fourth-order valence-electron chi connectivity index (χ4n) is 1.89. The van der Waals surface area contributed by atoms with Crippen molar-refractivity contribution in [3.8, 4) is 0 Å². The fourth-order valence-corrected chi connectivity index (χ4v) is 1.89. The molecule has 0 unspecified atom stereocenters. The lowest BCUT2D eigenvalue weighted by Gasteiger charge is -2.30. The van der Waals surface area contributed by atoms with E-state index in [1.807, 2.05) is 6.07 Å². The minimum absolute atomic E-state index is 0.363. The average molecular weight is 209 g/mol. The number of hydrogen-bond acceptors (Lipinski definition) is 4. The van der Waals surface area contributed by atoms with Gasteiger partial charge in [-0.15, -0.1) is 0 Å². The van der Waals surface area contributed by atoms with Gasteiger partial charge in [0.1, 0.15) is 0 Å². The predicted molar refractivity (Wildman–Crippen MR) is 56.3 cm³/mol. The van der Waals surface area contributed by atoms with Gasteiger partial charge in [-0.2, -0.15) is 0 Å². The Bertz CT molecular complexity index is 326. The Labute approximate surface area is 88.8 Å². The molecular weight excluding hydrogens is 194 g/mol. The second-order valence-electron chi connectivity index (χ2n) is 3.72. The summed E-state index contributed by atoms with van der Waals surface area (Å²) in [5, 5.41) is 0. The highest BCUT2D eigenvalue weighted by Gasteiger charge is 2.20. The van der Waals surface area contributed by atoms with Crippen LogP contribution in [0.3, 0.4) is 0 Å². The van der Waals surface area contributed by atoms with Crippen molar-refractivity contribution in [3.63, 3.8) is 0 Å². The Kier molecular flexibility index (Phi) is 3.06. The average Bonchev–Trinajstić information content (AvgIpc) is 2.78. The van der Waals surface area contributed by atoms with Crippen molar-refractivity contribution in [2.75, 3.05) is 25.1 Å². The number of nitrogens with zero attached hydrogens (tertiary/aromatic N) is 1. The molecule has 1 aliphatic rings. The molecule has 15 heavy (non-hydrogen) atoms. The van der Waals surface area contributed by atoms with Gasteiger partial charge in [-0.05, 0) is 18.9 Å². The quantitative estimate of drug-likeness (QED) is 0.711. The third kappa shape index (κ3) is 2.21. The normalized spacial score (nSPS) is 18.1. The minimum atomic E-state index is 0.363. The molecule has 0 bridgehead atoms. The van der Waals surface area contributed by atoms with Crippen LogP contribution in [0, 0.1) is 0 Å². The molecule has 82 valence electrons. The van der Waals surface area contributed by atoms with Gasteiger partial charge in [0.15, 0.2) is 17.9 Å². The zero-order valence-corrected chi connectivity index (χ0v) is 8.81. The fraction of sp³-hybridized carbons (Fsp3) is 0.545. The van der Waals surface area contributed by atoms with E-state index in [1.165, 1.54) is 0 Å². The lowest BCUT2D eigenvalue weighted by atomic mass is 10.1. The summed E-state index contributed by atoms with van der Waals surface area (Å²) in [6.07, 6.45) is 3.11. The minimum Gasteiger partial charge on any atom is -0.438 e. The number of carbonyl (C=O) groups is 1. The molecule has 2 heterocycles. The summed E-state index contributed by atoms with van der Waals surface area (Å²) in [6.45, 7) is 1.84. The maximum atomic E-state index is 10.5. The van der Waals surface area contributed by atoms with E-state index in [0.29, 0.717) is 11.9 Å². The summed E-state index contributed by atoms with van der Waals surface area (Å²) in [7, 11) is 1.75. The van der Waals surface area contributed by atoms with Crippen LogP contribution in [0.15, 0.2) is 16.5 Å². The molecule has 0 saturated carbocycles. The Hall–Kier alpha value is -1.29. The predicted octanol–water partition coefficient (Wildman–Crippen LogP) is 1.71. The van der Waals surface area contributed by atoms with E-state index in [4.69, 9.17) is 9.15 Å². The number of hydrogen-bond donors (Lipinski definition) is 0. The summed E-state index contributed by atoms with van der Waals surface area (Å²) < 4.78 is 10.6. The Morgan fingerprint density at radius 1 is 1.47 bits per heavy atom. The van der Waals surface area contributed by atoms with Crippen LogP contribution in [0.25, 0.3) is 0 Å². The van der Waals surface area contributed by atoms with Crippen molar-refractivity contribution in [1.29, 1.82) is 0 Å². The maximum absolute atomic E-state index is 10.5. The van der Waals surface area contributed by atoms with Crippen molar-refractivity contribution in [2.24, 2.45) is 0 Å². The molecule has 1 aromatic heterocycles. The number of carbonyl (C=O) groups excluding carboxylic acids is 1. The van der Waals surface area contributed by atoms with Crippen molar-refractivity contribution in [2.45, 2.75) is 18.9 Å². The van der Waals surface area contributed by atoms with Crippen LogP contribution in [0.2, 0.25) is 0 Å². The zero-order chi connectivity index (χ0) is 10.7. The molecule has 0 N–H and O–H groups in total. The monoisotopic (exact) mass is 209 g/mol. The number of piperidine rings is 1. The molecule has 2 rings (SSSR count). The number of furan rings is 1. The Balaban J connectivity index is 1.97.